The molecule has 1 amide bonds. The average molecular weight is 340 g/mol. The van der Waals surface area contributed by atoms with Gasteiger partial charge in [-0.3, -0.25) is 4.79 Å². The van der Waals surface area contributed by atoms with Crippen LogP contribution in [0.25, 0.3) is 0 Å². The van der Waals surface area contributed by atoms with Gasteiger partial charge in [0.25, 0.3) is 5.91 Å². The quantitative estimate of drug-likeness (QED) is 0.503. The van der Waals surface area contributed by atoms with Crippen molar-refractivity contribution in [1.82, 2.24) is 25.6 Å². The van der Waals surface area contributed by atoms with Crippen LogP contribution < -0.4 is 15.9 Å². The van der Waals surface area contributed by atoms with E-state index in [-0.39, 0.29) is 29.0 Å². The number of rotatable bonds is 6. The van der Waals surface area contributed by atoms with E-state index in [4.69, 9.17) is 22.1 Å². The maximum atomic E-state index is 11.7. The van der Waals surface area contributed by atoms with E-state index in [1.165, 1.54) is 12.3 Å². The van der Waals surface area contributed by atoms with Crippen molar-refractivity contribution < 1.29 is 14.6 Å². The van der Waals surface area contributed by atoms with Crippen molar-refractivity contribution in [1.29, 1.82) is 0 Å². The lowest BCUT2D eigenvalue weighted by atomic mass is 10.2. The van der Waals surface area contributed by atoms with E-state index in [2.05, 4.69) is 26.1 Å². The van der Waals surface area contributed by atoms with Crippen LogP contribution in [0.4, 0.5) is 5.95 Å². The summed E-state index contributed by atoms with van der Waals surface area (Å²) in [6, 6.07) is 3.02. The molecule has 0 aliphatic carbocycles. The van der Waals surface area contributed by atoms with Crippen LogP contribution in [0.5, 0.6) is 11.5 Å². The Hall–Kier alpha value is -2.88. The number of hydrogen-bond acceptors (Lipinski definition) is 8. The predicted octanol–water partition coefficient (Wildman–Crippen LogP) is 0.163. The van der Waals surface area contributed by atoms with Gasteiger partial charge in [-0.1, -0.05) is 16.7 Å². The fourth-order valence-electron chi connectivity index (χ4n) is 1.61. The number of phenols is 1. The van der Waals surface area contributed by atoms with Gasteiger partial charge in [-0.25, -0.2) is 10.1 Å². The second kappa shape index (κ2) is 7.40. The first-order valence-electron chi connectivity index (χ1n) is 6.50. The number of nitrogens with one attached hydrogen (secondary N) is 1. The molecule has 0 spiro atoms. The first-order chi connectivity index (χ1) is 11.0. The number of nitrogens with zero attached hydrogens (tertiary/aromatic N) is 5. The second-order valence-electron chi connectivity index (χ2n) is 4.27. The molecule has 0 bridgehead atoms. The lowest BCUT2D eigenvalue weighted by Crippen LogP contribution is -2.24. The Morgan fingerprint density at radius 3 is 3.04 bits per heavy atom. The van der Waals surface area contributed by atoms with Crippen LogP contribution >= 0.6 is 11.6 Å². The molecule has 4 N–H and O–H groups in total. The summed E-state index contributed by atoms with van der Waals surface area (Å²) < 4.78 is 6.37. The molecule has 1 aromatic carbocycles. The van der Waals surface area contributed by atoms with Gasteiger partial charge in [0.1, 0.15) is 6.54 Å². The zero-order chi connectivity index (χ0) is 16.8. The van der Waals surface area contributed by atoms with E-state index in [0.717, 1.165) is 4.68 Å². The van der Waals surface area contributed by atoms with Crippen LogP contribution in [0.15, 0.2) is 17.2 Å². The van der Waals surface area contributed by atoms with Crippen LogP contribution in [0.2, 0.25) is 5.02 Å². The summed E-state index contributed by atoms with van der Waals surface area (Å²) in [5.74, 6) is -0.357. The molecule has 0 aliphatic rings. The minimum absolute atomic E-state index is 0.0239. The summed E-state index contributed by atoms with van der Waals surface area (Å²) >= 11 is 5.89. The van der Waals surface area contributed by atoms with Gasteiger partial charge in [0, 0.05) is 0 Å². The van der Waals surface area contributed by atoms with Crippen molar-refractivity contribution in [3.8, 4) is 11.5 Å². The van der Waals surface area contributed by atoms with Crippen molar-refractivity contribution in [2.75, 3.05) is 12.3 Å². The number of tetrazole rings is 1. The molecule has 0 saturated carbocycles. The molecule has 2 aromatic rings. The second-order valence-corrected chi connectivity index (χ2v) is 4.68. The number of nitrogen functional groups attached to an aromatic ring is 1. The zero-order valence-corrected chi connectivity index (χ0v) is 12.9. The maximum absolute atomic E-state index is 11.7. The Morgan fingerprint density at radius 1 is 1.61 bits per heavy atom. The Morgan fingerprint density at radius 2 is 2.39 bits per heavy atom. The van der Waals surface area contributed by atoms with Crippen molar-refractivity contribution in [3.05, 3.63) is 22.7 Å². The largest absolute Gasteiger partial charge is 0.503 e. The van der Waals surface area contributed by atoms with E-state index in [1.807, 2.05) is 0 Å². The molecule has 0 aliphatic heterocycles. The standard InChI is InChI=1S/C12H14ClN7O3/c1-2-23-9-4-7(3-8(13)11(9)22)5-15-16-10(21)6-20-12(14)17-18-19-20/h3-5,22H,2,6H2,1H3,(H,16,21)(H2,14,17,19)/b15-5-. The highest BCUT2D eigenvalue weighted by Crippen LogP contribution is 2.34. The molecule has 11 heteroatoms. The summed E-state index contributed by atoms with van der Waals surface area (Å²) in [7, 11) is 0. The van der Waals surface area contributed by atoms with E-state index in [0.29, 0.717) is 12.2 Å². The van der Waals surface area contributed by atoms with Crippen LogP contribution in [-0.4, -0.2) is 44.0 Å². The molecule has 2 rings (SSSR count). The van der Waals surface area contributed by atoms with Gasteiger partial charge in [-0.2, -0.15) is 5.10 Å². The number of aromatic hydroxyl groups is 1. The van der Waals surface area contributed by atoms with Gasteiger partial charge in [0.05, 0.1) is 17.8 Å². The lowest BCUT2D eigenvalue weighted by molar-refractivity contribution is -0.121. The van der Waals surface area contributed by atoms with E-state index in [9.17, 15) is 9.90 Å². The number of phenolic OH excluding ortho intramolecular Hbond substituents is 1. The number of anilines is 1. The first kappa shape index (κ1) is 16.5. The lowest BCUT2D eigenvalue weighted by Gasteiger charge is -2.08. The molecular weight excluding hydrogens is 326 g/mol. The number of aromatic nitrogens is 4. The number of benzene rings is 1. The summed E-state index contributed by atoms with van der Waals surface area (Å²) in [6.07, 6.45) is 1.36. The SMILES string of the molecule is CCOc1cc(/C=N\NC(=O)Cn2nnnc2N)cc(Cl)c1O. The monoisotopic (exact) mass is 339 g/mol. The molecule has 1 aromatic heterocycles. The zero-order valence-electron chi connectivity index (χ0n) is 12.1. The highest BCUT2D eigenvalue weighted by molar-refractivity contribution is 6.32. The number of carbonyl (C=O) groups is 1. The van der Waals surface area contributed by atoms with Crippen molar-refractivity contribution in [2.45, 2.75) is 13.5 Å². The molecule has 10 nitrogen and oxygen atoms in total. The molecule has 122 valence electrons. The summed E-state index contributed by atoms with van der Waals surface area (Å²) in [5.41, 5.74) is 8.28. The molecule has 0 radical (unpaired) electrons. The summed E-state index contributed by atoms with van der Waals surface area (Å²) in [6.45, 7) is 1.98. The number of halogens is 1. The molecule has 0 unspecified atom stereocenters. The Balaban J connectivity index is 2.00. The molecule has 0 fully saturated rings. The smallest absolute Gasteiger partial charge is 0.261 e. The van der Waals surface area contributed by atoms with Crippen LogP contribution in [-0.2, 0) is 11.3 Å². The van der Waals surface area contributed by atoms with E-state index in [1.54, 1.807) is 13.0 Å². The topological polar surface area (TPSA) is 141 Å². The fourth-order valence-corrected chi connectivity index (χ4v) is 1.83. The van der Waals surface area contributed by atoms with Gasteiger partial charge >= 0.3 is 0 Å². The van der Waals surface area contributed by atoms with Crippen LogP contribution in [0, 0.1) is 0 Å². The number of ether oxygens (including phenoxy) is 1. The van der Waals surface area contributed by atoms with Gasteiger partial charge in [0.15, 0.2) is 11.5 Å². The van der Waals surface area contributed by atoms with E-state index < -0.39 is 5.91 Å². The van der Waals surface area contributed by atoms with Crippen LogP contribution in [0.3, 0.4) is 0 Å². The Bertz CT molecular complexity index is 731. The minimum atomic E-state index is -0.463. The van der Waals surface area contributed by atoms with Crippen molar-refractivity contribution in [3.63, 3.8) is 0 Å². The molecule has 1 heterocycles. The van der Waals surface area contributed by atoms with E-state index >= 15 is 0 Å². The molecular formula is C12H14ClN7O3. The minimum Gasteiger partial charge on any atom is -0.503 e. The van der Waals surface area contributed by atoms with Gasteiger partial charge in [0.2, 0.25) is 5.95 Å². The Kier molecular flexibility index (Phi) is 5.31. The molecule has 0 saturated heterocycles. The molecule has 23 heavy (non-hydrogen) atoms. The third-order valence-electron chi connectivity index (χ3n) is 2.61. The predicted molar refractivity (Wildman–Crippen MR) is 82.3 cm³/mol. The van der Waals surface area contributed by atoms with Gasteiger partial charge in [-0.15, -0.1) is 0 Å². The third-order valence-corrected chi connectivity index (χ3v) is 2.89. The highest BCUT2D eigenvalue weighted by Gasteiger charge is 2.09. The first-order valence-corrected chi connectivity index (χ1v) is 6.88. The maximum Gasteiger partial charge on any atom is 0.261 e. The van der Waals surface area contributed by atoms with Gasteiger partial charge in [-0.05, 0) is 35.0 Å². The Labute approximate surface area is 135 Å². The average Bonchev–Trinajstić information content (AvgIpc) is 2.89. The normalized spacial score (nSPS) is 10.9. The number of carbonyl (C=O) groups excluding carboxylic acids is 1. The number of amides is 1. The van der Waals surface area contributed by atoms with Crippen molar-refractivity contribution in [2.24, 2.45) is 5.10 Å². The van der Waals surface area contributed by atoms with Crippen LogP contribution in [0.1, 0.15) is 12.5 Å². The summed E-state index contributed by atoms with van der Waals surface area (Å²) in [4.78, 5) is 11.7. The number of nitrogens with two attached hydrogens (primary N) is 1. The van der Waals surface area contributed by atoms with Crippen molar-refractivity contribution >= 4 is 29.7 Å². The fraction of sp³-hybridized carbons (Fsp3) is 0.250. The number of hydrogen-bond donors (Lipinski definition) is 3. The molecule has 0 atom stereocenters. The van der Waals surface area contributed by atoms with Gasteiger partial charge < -0.3 is 15.6 Å². The summed E-state index contributed by atoms with van der Waals surface area (Å²) in [5, 5.41) is 23.9. The third kappa shape index (κ3) is 4.30. The highest BCUT2D eigenvalue weighted by atomic mass is 35.5. The number of hydrazone groups is 1.